The first-order chi connectivity index (χ1) is 12.8. The monoisotopic (exact) mass is 505 g/mol. The zero-order valence-corrected chi connectivity index (χ0v) is 18.0. The fourth-order valence-electron chi connectivity index (χ4n) is 2.52. The Hall–Kier alpha value is -1.91. The Balaban J connectivity index is 2.72. The number of carbonyl (C=O) groups is 3. The lowest BCUT2D eigenvalue weighted by molar-refractivity contribution is -0.140. The summed E-state index contributed by atoms with van der Waals surface area (Å²) in [5, 5.41) is 0. The quantitative estimate of drug-likeness (QED) is 0.444. The number of rotatable bonds is 5. The van der Waals surface area contributed by atoms with Gasteiger partial charge in [0, 0.05) is 8.95 Å². The summed E-state index contributed by atoms with van der Waals surface area (Å²) in [4.78, 5) is 38.4. The second-order valence-corrected chi connectivity index (χ2v) is 6.99. The molecule has 1 aromatic rings. The van der Waals surface area contributed by atoms with E-state index in [-0.39, 0.29) is 36.8 Å². The molecule has 0 bridgehead atoms. The van der Waals surface area contributed by atoms with Crippen LogP contribution in [0.2, 0.25) is 0 Å². The summed E-state index contributed by atoms with van der Waals surface area (Å²) in [6.45, 7) is 1.64. The maximum Gasteiger partial charge on any atom is 0.355 e. The van der Waals surface area contributed by atoms with Crippen molar-refractivity contribution >= 4 is 55.5 Å². The van der Waals surface area contributed by atoms with Crippen molar-refractivity contribution in [1.82, 2.24) is 0 Å². The van der Waals surface area contributed by atoms with Crippen molar-refractivity contribution < 1.29 is 33.3 Å². The number of methoxy groups -OCH3 is 2. The number of ether oxygens (including phenoxy) is 4. The highest BCUT2D eigenvalue weighted by Gasteiger charge is 2.35. The van der Waals surface area contributed by atoms with Crippen LogP contribution >= 0.6 is 31.9 Å². The molecule has 1 aliphatic heterocycles. The second-order valence-electron chi connectivity index (χ2n) is 5.22. The van der Waals surface area contributed by atoms with Gasteiger partial charge in [0.2, 0.25) is 0 Å². The SMILES string of the molecule is CCOC(=O)c1cc(Br)cc(Br)c1N1COCC(C(=O)OC)=C1C(=O)OC. The molecule has 0 aliphatic carbocycles. The van der Waals surface area contributed by atoms with Crippen LogP contribution in [-0.2, 0) is 28.5 Å². The van der Waals surface area contributed by atoms with Crippen LogP contribution in [-0.4, -0.2) is 52.1 Å². The molecule has 0 amide bonds. The summed E-state index contributed by atoms with van der Waals surface area (Å²) in [6.07, 6.45) is 0. The topological polar surface area (TPSA) is 91.4 Å². The van der Waals surface area contributed by atoms with Gasteiger partial charge in [0.05, 0.1) is 44.3 Å². The van der Waals surface area contributed by atoms with Crippen LogP contribution in [0, 0.1) is 0 Å². The average molecular weight is 507 g/mol. The Morgan fingerprint density at radius 3 is 2.37 bits per heavy atom. The van der Waals surface area contributed by atoms with Crippen molar-refractivity contribution in [2.24, 2.45) is 0 Å². The standard InChI is InChI=1S/C17H17Br2NO7/c1-4-27-16(22)10-5-9(18)6-12(19)13(10)20-8-26-7-11(15(21)24-2)14(20)17(23)25-3/h5-6H,4,7-8H2,1-3H3. The number of halogens is 2. The normalized spacial score (nSPS) is 14.0. The van der Waals surface area contributed by atoms with Crippen LogP contribution in [0.5, 0.6) is 0 Å². The third-order valence-electron chi connectivity index (χ3n) is 3.63. The van der Waals surface area contributed by atoms with Crippen molar-refractivity contribution in [3.63, 3.8) is 0 Å². The van der Waals surface area contributed by atoms with Crippen LogP contribution in [0.4, 0.5) is 5.69 Å². The highest BCUT2D eigenvalue weighted by molar-refractivity contribution is 9.11. The molecule has 8 nitrogen and oxygen atoms in total. The Bertz CT molecular complexity index is 807. The molecule has 27 heavy (non-hydrogen) atoms. The lowest BCUT2D eigenvalue weighted by atomic mass is 10.1. The molecule has 0 N–H and O–H groups in total. The van der Waals surface area contributed by atoms with Gasteiger partial charge in [-0.2, -0.15) is 0 Å². The number of anilines is 1. The van der Waals surface area contributed by atoms with E-state index in [4.69, 9.17) is 18.9 Å². The molecule has 10 heteroatoms. The average Bonchev–Trinajstić information content (AvgIpc) is 2.65. The molecule has 0 saturated heterocycles. The van der Waals surface area contributed by atoms with Gasteiger partial charge in [0.15, 0.2) is 0 Å². The predicted molar refractivity (Wildman–Crippen MR) is 102 cm³/mol. The van der Waals surface area contributed by atoms with Gasteiger partial charge in [-0.1, -0.05) is 15.9 Å². The Labute approximate surface area is 172 Å². The highest BCUT2D eigenvalue weighted by atomic mass is 79.9. The molecule has 0 atom stereocenters. The van der Waals surface area contributed by atoms with Crippen LogP contribution < -0.4 is 4.90 Å². The summed E-state index contributed by atoms with van der Waals surface area (Å²) in [5.74, 6) is -2.08. The number of carbonyl (C=O) groups excluding carboxylic acids is 3. The Kier molecular flexibility index (Phi) is 7.40. The minimum Gasteiger partial charge on any atom is -0.466 e. The van der Waals surface area contributed by atoms with E-state index in [1.807, 2.05) is 0 Å². The summed E-state index contributed by atoms with van der Waals surface area (Å²) in [6, 6.07) is 3.25. The maximum absolute atomic E-state index is 12.5. The van der Waals surface area contributed by atoms with Crippen molar-refractivity contribution in [3.8, 4) is 0 Å². The zero-order chi connectivity index (χ0) is 20.1. The van der Waals surface area contributed by atoms with Gasteiger partial charge in [-0.25, -0.2) is 14.4 Å². The smallest absolute Gasteiger partial charge is 0.355 e. The molecule has 0 spiro atoms. The highest BCUT2D eigenvalue weighted by Crippen LogP contribution is 2.38. The molecule has 1 heterocycles. The third-order valence-corrected chi connectivity index (χ3v) is 4.69. The van der Waals surface area contributed by atoms with Crippen molar-refractivity contribution in [2.75, 3.05) is 39.1 Å². The molecule has 0 fully saturated rings. The molecule has 0 radical (unpaired) electrons. The van der Waals surface area contributed by atoms with Gasteiger partial charge < -0.3 is 23.8 Å². The first-order valence-corrected chi connectivity index (χ1v) is 9.35. The minimum atomic E-state index is -0.761. The fraction of sp³-hybridized carbons (Fsp3) is 0.353. The van der Waals surface area contributed by atoms with E-state index in [2.05, 4.69) is 31.9 Å². The van der Waals surface area contributed by atoms with E-state index in [0.29, 0.717) is 14.6 Å². The molecule has 2 rings (SSSR count). The summed E-state index contributed by atoms with van der Waals surface area (Å²) in [5.41, 5.74) is 0.400. The van der Waals surface area contributed by atoms with E-state index in [1.165, 1.54) is 19.1 Å². The van der Waals surface area contributed by atoms with Crippen LogP contribution in [0.15, 0.2) is 32.3 Å². The summed E-state index contributed by atoms with van der Waals surface area (Å²) in [7, 11) is 2.39. The van der Waals surface area contributed by atoms with Crippen LogP contribution in [0.25, 0.3) is 0 Å². The number of hydrogen-bond acceptors (Lipinski definition) is 8. The molecule has 0 unspecified atom stereocenters. The number of esters is 3. The lowest BCUT2D eigenvalue weighted by Crippen LogP contribution is -2.39. The van der Waals surface area contributed by atoms with Crippen molar-refractivity contribution in [3.05, 3.63) is 37.9 Å². The second kappa shape index (κ2) is 9.34. The molecule has 146 valence electrons. The van der Waals surface area contributed by atoms with Gasteiger partial charge >= 0.3 is 17.9 Å². The Morgan fingerprint density at radius 1 is 1.11 bits per heavy atom. The molecular weight excluding hydrogens is 490 g/mol. The summed E-state index contributed by atoms with van der Waals surface area (Å²) >= 11 is 6.73. The molecular formula is C17H17Br2NO7. The molecule has 1 aromatic carbocycles. The third kappa shape index (κ3) is 4.50. The lowest BCUT2D eigenvalue weighted by Gasteiger charge is -2.33. The van der Waals surface area contributed by atoms with E-state index < -0.39 is 17.9 Å². The van der Waals surface area contributed by atoms with E-state index >= 15 is 0 Å². The number of nitrogens with zero attached hydrogens (tertiary/aromatic N) is 1. The first-order valence-electron chi connectivity index (χ1n) is 7.76. The predicted octanol–water partition coefficient (Wildman–Crippen LogP) is 2.78. The van der Waals surface area contributed by atoms with Gasteiger partial charge in [-0.15, -0.1) is 0 Å². The Morgan fingerprint density at radius 2 is 1.78 bits per heavy atom. The van der Waals surface area contributed by atoms with E-state index in [1.54, 1.807) is 19.1 Å². The maximum atomic E-state index is 12.5. The zero-order valence-electron chi connectivity index (χ0n) is 14.8. The number of hydrogen-bond donors (Lipinski definition) is 0. The van der Waals surface area contributed by atoms with Crippen LogP contribution in [0.1, 0.15) is 17.3 Å². The van der Waals surface area contributed by atoms with Gasteiger partial charge in [-0.3, -0.25) is 0 Å². The summed E-state index contributed by atoms with van der Waals surface area (Å²) < 4.78 is 21.2. The van der Waals surface area contributed by atoms with Gasteiger partial charge in [0.25, 0.3) is 0 Å². The largest absolute Gasteiger partial charge is 0.466 e. The fourth-order valence-corrected chi connectivity index (χ4v) is 3.96. The van der Waals surface area contributed by atoms with Gasteiger partial charge in [0.1, 0.15) is 12.4 Å². The van der Waals surface area contributed by atoms with E-state index in [0.717, 1.165) is 0 Å². The van der Waals surface area contributed by atoms with Gasteiger partial charge in [-0.05, 0) is 35.0 Å². The molecule has 0 saturated carbocycles. The van der Waals surface area contributed by atoms with E-state index in [9.17, 15) is 14.4 Å². The van der Waals surface area contributed by atoms with Crippen molar-refractivity contribution in [1.29, 1.82) is 0 Å². The number of benzene rings is 1. The first kappa shape index (κ1) is 21.4. The van der Waals surface area contributed by atoms with Crippen LogP contribution in [0.3, 0.4) is 0 Å². The minimum absolute atomic E-state index is 0.0137. The molecule has 0 aromatic heterocycles. The molecule has 1 aliphatic rings. The van der Waals surface area contributed by atoms with Crippen molar-refractivity contribution in [2.45, 2.75) is 6.92 Å².